The van der Waals surface area contributed by atoms with Crippen LogP contribution in [0.25, 0.3) is 10.9 Å². The fourth-order valence-electron chi connectivity index (χ4n) is 4.50. The van der Waals surface area contributed by atoms with Crippen molar-refractivity contribution in [2.24, 2.45) is 0 Å². The van der Waals surface area contributed by atoms with Gasteiger partial charge in [-0.05, 0) is 31.9 Å². The number of carbonyl (C=O) groups excluding carboxylic acids is 1. The summed E-state index contributed by atoms with van der Waals surface area (Å²) in [7, 11) is 0. The lowest BCUT2D eigenvalue weighted by molar-refractivity contribution is -0.0467. The summed E-state index contributed by atoms with van der Waals surface area (Å²) in [6.45, 7) is 4.49. The maximum Gasteiger partial charge on any atom is 0.270 e. The van der Waals surface area contributed by atoms with Crippen LogP contribution in [0.15, 0.2) is 35.7 Å². The molecule has 0 saturated carbocycles. The Bertz CT molecular complexity index is 996. The fourth-order valence-corrected chi connectivity index (χ4v) is 5.10. The average Bonchev–Trinajstić information content (AvgIpc) is 3.44. The normalized spacial score (nSPS) is 24.6. The van der Waals surface area contributed by atoms with Gasteiger partial charge in [-0.15, -0.1) is 11.3 Å². The average molecular weight is 412 g/mol. The van der Waals surface area contributed by atoms with E-state index in [2.05, 4.69) is 9.97 Å². The molecule has 1 spiro atoms. The van der Waals surface area contributed by atoms with Crippen molar-refractivity contribution in [3.63, 3.8) is 0 Å². The number of carbonyl (C=O) groups is 1. The monoisotopic (exact) mass is 411 g/mol. The van der Waals surface area contributed by atoms with E-state index in [1.807, 2.05) is 47.5 Å². The molecule has 6 nitrogen and oxygen atoms in total. The van der Waals surface area contributed by atoms with Crippen LogP contribution in [0.1, 0.15) is 40.5 Å². The third kappa shape index (κ3) is 3.82. The molecule has 2 unspecified atom stereocenters. The quantitative estimate of drug-likeness (QED) is 0.707. The van der Waals surface area contributed by atoms with Crippen LogP contribution in [-0.2, 0) is 16.1 Å². The van der Waals surface area contributed by atoms with Gasteiger partial charge in [0.05, 0.1) is 42.2 Å². The molecule has 152 valence electrons. The van der Waals surface area contributed by atoms with E-state index in [9.17, 15) is 4.79 Å². The molecular formula is C22H25N3O3S. The van der Waals surface area contributed by atoms with E-state index < -0.39 is 0 Å². The van der Waals surface area contributed by atoms with Gasteiger partial charge in [0.15, 0.2) is 0 Å². The number of para-hydroxylation sites is 1. The Hall–Kier alpha value is -2.22. The molecule has 1 amide bonds. The molecule has 2 aliphatic heterocycles. The standard InChI is InChI=1S/C22H25N3O3S/c1-15-23-17(13-29-15)11-27-18-10-22(28-12-18)7-4-8-25(14-22)21(26)20-9-16-5-2-3-6-19(16)24-20/h2-3,5-6,9,13,18,24H,4,7-8,10-12,14H2,1H3. The Labute approximate surface area is 173 Å². The first-order valence-electron chi connectivity index (χ1n) is 10.1. The Morgan fingerprint density at radius 1 is 1.45 bits per heavy atom. The number of hydrogen-bond acceptors (Lipinski definition) is 5. The van der Waals surface area contributed by atoms with Gasteiger partial charge < -0.3 is 19.4 Å². The van der Waals surface area contributed by atoms with Gasteiger partial charge >= 0.3 is 0 Å². The van der Waals surface area contributed by atoms with E-state index in [0.29, 0.717) is 25.5 Å². The van der Waals surface area contributed by atoms with Gasteiger partial charge in [-0.3, -0.25) is 4.79 Å². The number of piperidine rings is 1. The highest BCUT2D eigenvalue weighted by atomic mass is 32.1. The molecule has 0 aliphatic carbocycles. The number of aryl methyl sites for hydroxylation is 1. The number of likely N-dealkylation sites (tertiary alicyclic amines) is 1. The minimum absolute atomic E-state index is 0.0474. The molecule has 4 heterocycles. The van der Waals surface area contributed by atoms with Crippen molar-refractivity contribution >= 4 is 28.1 Å². The number of nitrogens with zero attached hydrogens (tertiary/aromatic N) is 2. The van der Waals surface area contributed by atoms with Gasteiger partial charge in [0.1, 0.15) is 5.69 Å². The number of H-pyrrole nitrogens is 1. The number of nitrogens with one attached hydrogen (secondary N) is 1. The van der Waals surface area contributed by atoms with Crippen LogP contribution < -0.4 is 0 Å². The first kappa shape index (κ1) is 18.8. The number of thiazole rings is 1. The van der Waals surface area contributed by atoms with Gasteiger partial charge in [-0.2, -0.15) is 0 Å². The predicted octanol–water partition coefficient (Wildman–Crippen LogP) is 3.91. The van der Waals surface area contributed by atoms with Crippen molar-refractivity contribution in [2.45, 2.75) is 44.5 Å². The number of hydrogen-bond donors (Lipinski definition) is 1. The lowest BCUT2D eigenvalue weighted by Crippen LogP contribution is -2.50. The van der Waals surface area contributed by atoms with Crippen LogP contribution in [-0.4, -0.2) is 52.2 Å². The second-order valence-electron chi connectivity index (χ2n) is 8.09. The molecule has 2 aromatic heterocycles. The number of aromatic nitrogens is 2. The Kier molecular flexibility index (Phi) is 4.89. The highest BCUT2D eigenvalue weighted by Gasteiger charge is 2.45. The number of ether oxygens (including phenoxy) is 2. The highest BCUT2D eigenvalue weighted by molar-refractivity contribution is 7.09. The summed E-state index contributed by atoms with van der Waals surface area (Å²) in [5, 5.41) is 4.16. The van der Waals surface area contributed by atoms with Crippen molar-refractivity contribution in [2.75, 3.05) is 19.7 Å². The molecule has 5 rings (SSSR count). The predicted molar refractivity (Wildman–Crippen MR) is 112 cm³/mol. The summed E-state index contributed by atoms with van der Waals surface area (Å²) in [6.07, 6.45) is 2.80. The molecule has 2 saturated heterocycles. The van der Waals surface area contributed by atoms with E-state index in [-0.39, 0.29) is 17.6 Å². The molecule has 7 heteroatoms. The summed E-state index contributed by atoms with van der Waals surface area (Å²) in [6, 6.07) is 9.92. The first-order valence-corrected chi connectivity index (χ1v) is 11.0. The van der Waals surface area contributed by atoms with Crippen molar-refractivity contribution in [1.82, 2.24) is 14.9 Å². The molecule has 3 aromatic rings. The SMILES string of the molecule is Cc1nc(COC2COC3(CCCN(C(=O)c4cc5ccccc5[nH]4)C3)C2)cs1. The number of fused-ring (bicyclic) bond motifs is 1. The lowest BCUT2D eigenvalue weighted by Gasteiger charge is -2.39. The van der Waals surface area contributed by atoms with Gasteiger partial charge in [0.2, 0.25) is 0 Å². The number of benzene rings is 1. The van der Waals surface area contributed by atoms with Gasteiger partial charge in [-0.1, -0.05) is 18.2 Å². The van der Waals surface area contributed by atoms with Crippen LogP contribution in [0.5, 0.6) is 0 Å². The zero-order chi connectivity index (χ0) is 19.8. The minimum atomic E-state index is -0.289. The van der Waals surface area contributed by atoms with E-state index in [4.69, 9.17) is 9.47 Å². The van der Waals surface area contributed by atoms with Crippen LogP contribution >= 0.6 is 11.3 Å². The van der Waals surface area contributed by atoms with E-state index >= 15 is 0 Å². The summed E-state index contributed by atoms with van der Waals surface area (Å²) in [5.41, 5.74) is 2.33. The number of rotatable bonds is 4. The topological polar surface area (TPSA) is 67.5 Å². The molecule has 29 heavy (non-hydrogen) atoms. The molecule has 2 fully saturated rings. The molecule has 1 aromatic carbocycles. The molecule has 2 aliphatic rings. The lowest BCUT2D eigenvalue weighted by atomic mass is 9.89. The maximum atomic E-state index is 13.1. The fraction of sp³-hybridized carbons (Fsp3) is 0.455. The van der Waals surface area contributed by atoms with Gasteiger partial charge in [0, 0.05) is 29.2 Å². The number of aromatic amines is 1. The number of amides is 1. The van der Waals surface area contributed by atoms with Crippen LogP contribution in [0.2, 0.25) is 0 Å². The third-order valence-electron chi connectivity index (χ3n) is 5.90. The van der Waals surface area contributed by atoms with E-state index in [1.54, 1.807) is 11.3 Å². The van der Waals surface area contributed by atoms with Crippen molar-refractivity contribution in [3.05, 3.63) is 52.1 Å². The molecule has 0 radical (unpaired) electrons. The zero-order valence-electron chi connectivity index (χ0n) is 16.5. The van der Waals surface area contributed by atoms with E-state index in [0.717, 1.165) is 47.4 Å². The molecule has 1 N–H and O–H groups in total. The van der Waals surface area contributed by atoms with Crippen molar-refractivity contribution < 1.29 is 14.3 Å². The van der Waals surface area contributed by atoms with Crippen LogP contribution in [0.4, 0.5) is 0 Å². The zero-order valence-corrected chi connectivity index (χ0v) is 17.3. The highest BCUT2D eigenvalue weighted by Crippen LogP contribution is 2.36. The summed E-state index contributed by atoms with van der Waals surface area (Å²) >= 11 is 1.64. The first-order chi connectivity index (χ1) is 14.1. The van der Waals surface area contributed by atoms with E-state index in [1.165, 1.54) is 0 Å². The molecule has 0 bridgehead atoms. The van der Waals surface area contributed by atoms with Gasteiger partial charge in [0.25, 0.3) is 5.91 Å². The largest absolute Gasteiger partial charge is 0.370 e. The summed E-state index contributed by atoms with van der Waals surface area (Å²) < 4.78 is 12.3. The maximum absolute atomic E-state index is 13.1. The van der Waals surface area contributed by atoms with Gasteiger partial charge in [-0.25, -0.2) is 4.98 Å². The van der Waals surface area contributed by atoms with Crippen LogP contribution in [0, 0.1) is 6.92 Å². The Morgan fingerprint density at radius 2 is 2.34 bits per heavy atom. The van der Waals surface area contributed by atoms with Crippen molar-refractivity contribution in [1.29, 1.82) is 0 Å². The minimum Gasteiger partial charge on any atom is -0.370 e. The second kappa shape index (κ2) is 7.55. The van der Waals surface area contributed by atoms with Crippen molar-refractivity contribution in [3.8, 4) is 0 Å². The van der Waals surface area contributed by atoms with Crippen LogP contribution in [0.3, 0.4) is 0 Å². The summed E-state index contributed by atoms with van der Waals surface area (Å²) in [5.74, 6) is 0.0474. The molecule has 2 atom stereocenters. The summed E-state index contributed by atoms with van der Waals surface area (Å²) in [4.78, 5) is 22.8. The Morgan fingerprint density at radius 3 is 3.17 bits per heavy atom. The Balaban J connectivity index is 1.23. The third-order valence-corrected chi connectivity index (χ3v) is 6.72. The smallest absolute Gasteiger partial charge is 0.270 e. The second-order valence-corrected chi connectivity index (χ2v) is 9.15. The molecular weight excluding hydrogens is 386 g/mol.